The van der Waals surface area contributed by atoms with Gasteiger partial charge in [-0.25, -0.2) is 0 Å². The smallest absolute Gasteiger partial charge is 0.107 e. The van der Waals surface area contributed by atoms with Gasteiger partial charge in [0.25, 0.3) is 0 Å². The Balaban J connectivity index is 3.00. The minimum atomic E-state index is -0.705. The largest absolute Gasteiger partial charge is 0.386 e. The second kappa shape index (κ2) is 5.85. The number of aliphatic hydroxyl groups excluding tert-OH is 1. The number of benzene rings is 1. The molecular weight excluding hydrogens is 236 g/mol. The Labute approximate surface area is 109 Å². The van der Waals surface area contributed by atoms with E-state index in [1.165, 1.54) is 0 Å². The number of rotatable bonds is 4. The third-order valence-electron chi connectivity index (χ3n) is 2.71. The average Bonchev–Trinajstić information content (AvgIpc) is 2.24. The summed E-state index contributed by atoms with van der Waals surface area (Å²) in [6.45, 7) is 8.65. The topological polar surface area (TPSA) is 29.5 Å². The minimum Gasteiger partial charge on any atom is -0.386 e. The first-order valence-electron chi connectivity index (χ1n) is 5.92. The van der Waals surface area contributed by atoms with Gasteiger partial charge in [-0.3, -0.25) is 0 Å². The van der Waals surface area contributed by atoms with E-state index in [2.05, 4.69) is 0 Å². The zero-order valence-electron chi connectivity index (χ0n) is 10.9. The minimum absolute atomic E-state index is 0.144. The number of aliphatic hydroxyl groups is 1. The van der Waals surface area contributed by atoms with Crippen molar-refractivity contribution in [1.82, 2.24) is 0 Å². The Morgan fingerprint density at radius 3 is 2.35 bits per heavy atom. The van der Waals surface area contributed by atoms with Gasteiger partial charge in [-0.05, 0) is 18.4 Å². The first-order valence-corrected chi connectivity index (χ1v) is 6.29. The highest BCUT2D eigenvalue weighted by molar-refractivity contribution is 6.31. The van der Waals surface area contributed by atoms with Crippen LogP contribution in [0.5, 0.6) is 0 Å². The maximum atomic E-state index is 10.4. The standard InChI is InChI=1S/C14H21ClO2/c1-5-17-13(14(2,3)4)12(16)10-8-6-7-9-11(10)15/h6-9,12-13,16H,5H2,1-4H3. The van der Waals surface area contributed by atoms with Crippen molar-refractivity contribution in [2.75, 3.05) is 6.61 Å². The molecule has 0 saturated heterocycles. The van der Waals surface area contributed by atoms with Crippen molar-refractivity contribution in [3.63, 3.8) is 0 Å². The molecule has 1 aromatic rings. The summed E-state index contributed by atoms with van der Waals surface area (Å²) >= 11 is 6.10. The molecule has 1 N–H and O–H groups in total. The Hall–Kier alpha value is -0.570. The number of halogens is 1. The molecule has 0 bridgehead atoms. The van der Waals surface area contributed by atoms with Gasteiger partial charge >= 0.3 is 0 Å². The summed E-state index contributed by atoms with van der Waals surface area (Å²) in [6.07, 6.45) is -0.976. The SMILES string of the molecule is CCOC(C(O)c1ccccc1Cl)C(C)(C)C. The summed E-state index contributed by atoms with van der Waals surface area (Å²) < 4.78 is 5.67. The number of hydrogen-bond acceptors (Lipinski definition) is 2. The fraction of sp³-hybridized carbons (Fsp3) is 0.571. The van der Waals surface area contributed by atoms with Gasteiger partial charge in [-0.2, -0.15) is 0 Å². The molecule has 0 saturated carbocycles. The molecule has 1 aromatic carbocycles. The van der Waals surface area contributed by atoms with E-state index in [0.717, 1.165) is 5.56 Å². The van der Waals surface area contributed by atoms with Crippen molar-refractivity contribution in [2.24, 2.45) is 5.41 Å². The summed E-state index contributed by atoms with van der Waals surface area (Å²) in [7, 11) is 0. The highest BCUT2D eigenvalue weighted by atomic mass is 35.5. The Morgan fingerprint density at radius 2 is 1.88 bits per heavy atom. The van der Waals surface area contributed by atoms with E-state index < -0.39 is 6.10 Å². The molecule has 0 aliphatic heterocycles. The molecule has 2 atom stereocenters. The van der Waals surface area contributed by atoms with Gasteiger partial charge in [-0.15, -0.1) is 0 Å². The summed E-state index contributed by atoms with van der Waals surface area (Å²) in [5.74, 6) is 0. The lowest BCUT2D eigenvalue weighted by atomic mass is 9.83. The van der Waals surface area contributed by atoms with Crippen molar-refractivity contribution in [3.8, 4) is 0 Å². The van der Waals surface area contributed by atoms with Crippen molar-refractivity contribution in [2.45, 2.75) is 39.9 Å². The molecule has 2 unspecified atom stereocenters. The fourth-order valence-electron chi connectivity index (χ4n) is 1.87. The van der Waals surface area contributed by atoms with Crippen LogP contribution < -0.4 is 0 Å². The predicted molar refractivity (Wildman–Crippen MR) is 71.3 cm³/mol. The zero-order chi connectivity index (χ0) is 13.1. The lowest BCUT2D eigenvalue weighted by Crippen LogP contribution is -2.35. The molecule has 0 amide bonds. The molecule has 0 heterocycles. The fourth-order valence-corrected chi connectivity index (χ4v) is 2.12. The van der Waals surface area contributed by atoms with Gasteiger partial charge in [0.15, 0.2) is 0 Å². The lowest BCUT2D eigenvalue weighted by Gasteiger charge is -2.34. The lowest BCUT2D eigenvalue weighted by molar-refractivity contribution is -0.0898. The maximum absolute atomic E-state index is 10.4. The van der Waals surface area contributed by atoms with Gasteiger partial charge < -0.3 is 9.84 Å². The van der Waals surface area contributed by atoms with Crippen molar-refractivity contribution >= 4 is 11.6 Å². The van der Waals surface area contributed by atoms with Crippen LogP contribution in [-0.4, -0.2) is 17.8 Å². The van der Waals surface area contributed by atoms with E-state index >= 15 is 0 Å². The highest BCUT2D eigenvalue weighted by Crippen LogP contribution is 2.35. The van der Waals surface area contributed by atoms with Crippen LogP contribution in [0.4, 0.5) is 0 Å². The van der Waals surface area contributed by atoms with Gasteiger partial charge in [0.05, 0.1) is 6.10 Å². The van der Waals surface area contributed by atoms with E-state index in [-0.39, 0.29) is 11.5 Å². The molecular formula is C14H21ClO2. The van der Waals surface area contributed by atoms with Crippen LogP contribution >= 0.6 is 11.6 Å². The van der Waals surface area contributed by atoms with Crippen molar-refractivity contribution < 1.29 is 9.84 Å². The molecule has 2 nitrogen and oxygen atoms in total. The van der Waals surface area contributed by atoms with Crippen molar-refractivity contribution in [3.05, 3.63) is 34.9 Å². The van der Waals surface area contributed by atoms with Crippen LogP contribution in [-0.2, 0) is 4.74 Å². The molecule has 3 heteroatoms. The van der Waals surface area contributed by atoms with Crippen LogP contribution in [0, 0.1) is 5.41 Å². The van der Waals surface area contributed by atoms with E-state index in [4.69, 9.17) is 16.3 Å². The molecule has 0 aromatic heterocycles. The third kappa shape index (κ3) is 3.70. The number of ether oxygens (including phenoxy) is 1. The molecule has 0 radical (unpaired) electrons. The van der Waals surface area contributed by atoms with E-state index in [9.17, 15) is 5.11 Å². The monoisotopic (exact) mass is 256 g/mol. The maximum Gasteiger partial charge on any atom is 0.107 e. The van der Waals surface area contributed by atoms with Gasteiger partial charge in [0, 0.05) is 17.2 Å². The highest BCUT2D eigenvalue weighted by Gasteiger charge is 2.33. The van der Waals surface area contributed by atoms with E-state index in [1.54, 1.807) is 6.07 Å². The Kier molecular flexibility index (Phi) is 4.99. The molecule has 17 heavy (non-hydrogen) atoms. The quantitative estimate of drug-likeness (QED) is 0.887. The van der Waals surface area contributed by atoms with E-state index in [1.807, 2.05) is 45.9 Å². The zero-order valence-corrected chi connectivity index (χ0v) is 11.7. The van der Waals surface area contributed by atoms with E-state index in [0.29, 0.717) is 11.6 Å². The molecule has 0 aliphatic rings. The first kappa shape index (κ1) is 14.5. The van der Waals surface area contributed by atoms with Crippen LogP contribution in [0.2, 0.25) is 5.02 Å². The van der Waals surface area contributed by atoms with Crippen molar-refractivity contribution in [1.29, 1.82) is 0 Å². The van der Waals surface area contributed by atoms with Gasteiger partial charge in [0.1, 0.15) is 6.10 Å². The predicted octanol–water partition coefficient (Wildman–Crippen LogP) is 3.82. The molecule has 0 aliphatic carbocycles. The molecule has 96 valence electrons. The molecule has 0 fully saturated rings. The van der Waals surface area contributed by atoms with Crippen LogP contribution in [0.1, 0.15) is 39.4 Å². The number of hydrogen-bond donors (Lipinski definition) is 1. The Morgan fingerprint density at radius 1 is 1.29 bits per heavy atom. The second-order valence-corrected chi connectivity index (χ2v) is 5.62. The molecule has 1 rings (SSSR count). The van der Waals surface area contributed by atoms with Crippen LogP contribution in [0.3, 0.4) is 0 Å². The summed E-state index contributed by atoms with van der Waals surface area (Å²) in [5.41, 5.74) is 0.580. The Bertz CT molecular complexity index is 357. The van der Waals surface area contributed by atoms with Crippen LogP contribution in [0.15, 0.2) is 24.3 Å². The summed E-state index contributed by atoms with van der Waals surface area (Å²) in [6, 6.07) is 7.35. The van der Waals surface area contributed by atoms with Gasteiger partial charge in [0.2, 0.25) is 0 Å². The summed E-state index contributed by atoms with van der Waals surface area (Å²) in [5, 5.41) is 11.0. The summed E-state index contributed by atoms with van der Waals surface area (Å²) in [4.78, 5) is 0. The third-order valence-corrected chi connectivity index (χ3v) is 3.05. The molecule has 0 spiro atoms. The normalized spacial score (nSPS) is 15.6. The second-order valence-electron chi connectivity index (χ2n) is 5.21. The first-order chi connectivity index (χ1) is 7.88. The van der Waals surface area contributed by atoms with Crippen LogP contribution in [0.25, 0.3) is 0 Å². The van der Waals surface area contributed by atoms with Gasteiger partial charge in [-0.1, -0.05) is 50.6 Å². The average molecular weight is 257 g/mol.